The highest BCUT2D eigenvalue weighted by atomic mass is 16.3. The van der Waals surface area contributed by atoms with E-state index in [2.05, 4.69) is 12.7 Å². The molecule has 0 aliphatic heterocycles. The number of rotatable bonds is 6. The fraction of sp³-hybridized carbons (Fsp3) is 0.600. The molecule has 0 aromatic heterocycles. The molecule has 1 nitrogen and oxygen atoms in total. The largest absolute Gasteiger partial charge is 0.393 e. The van der Waals surface area contributed by atoms with Crippen LogP contribution >= 0.6 is 0 Å². The van der Waals surface area contributed by atoms with E-state index in [4.69, 9.17) is 5.11 Å². The number of aliphatic hydroxyl groups is 1. The summed E-state index contributed by atoms with van der Waals surface area (Å²) >= 11 is 0. The van der Waals surface area contributed by atoms with Crippen molar-refractivity contribution in [3.8, 4) is 0 Å². The third-order valence-corrected chi connectivity index (χ3v) is 1.51. The third-order valence-electron chi connectivity index (χ3n) is 1.51. The molecule has 64 valence electrons. The number of aliphatic hydroxyl groups excluding tert-OH is 1. The second kappa shape index (κ2) is 7.55. The smallest absolute Gasteiger partial charge is 0.0512 e. The van der Waals surface area contributed by atoms with E-state index in [-0.39, 0.29) is 6.10 Å². The van der Waals surface area contributed by atoms with Gasteiger partial charge in [-0.15, -0.1) is 0 Å². The van der Waals surface area contributed by atoms with Gasteiger partial charge in [-0.2, -0.15) is 0 Å². The van der Waals surface area contributed by atoms with Gasteiger partial charge < -0.3 is 5.11 Å². The van der Waals surface area contributed by atoms with E-state index in [0.29, 0.717) is 0 Å². The number of hydrogen-bond donors (Lipinski definition) is 1. The van der Waals surface area contributed by atoms with Crippen molar-refractivity contribution in [1.29, 1.82) is 0 Å². The first-order valence-electron chi connectivity index (χ1n) is 4.23. The van der Waals surface area contributed by atoms with E-state index >= 15 is 0 Å². The molecule has 1 N–H and O–H groups in total. The average molecular weight is 154 g/mol. The summed E-state index contributed by atoms with van der Waals surface area (Å²) in [4.78, 5) is 0. The molecule has 0 aromatic carbocycles. The second-order valence-corrected chi connectivity index (χ2v) is 2.80. The van der Waals surface area contributed by atoms with Gasteiger partial charge >= 0.3 is 0 Å². The lowest BCUT2D eigenvalue weighted by atomic mass is 10.1. The highest BCUT2D eigenvalue weighted by Crippen LogP contribution is 2.03. The first-order chi connectivity index (χ1) is 5.27. The van der Waals surface area contributed by atoms with Crippen LogP contribution in [0.5, 0.6) is 0 Å². The van der Waals surface area contributed by atoms with Crippen molar-refractivity contribution in [2.75, 3.05) is 0 Å². The molecule has 0 heterocycles. The predicted octanol–water partition coefficient (Wildman–Crippen LogP) is 2.67. The van der Waals surface area contributed by atoms with E-state index in [1.165, 1.54) is 0 Å². The van der Waals surface area contributed by atoms with Gasteiger partial charge in [0, 0.05) is 0 Å². The molecule has 0 aromatic rings. The maximum atomic E-state index is 8.92. The van der Waals surface area contributed by atoms with Gasteiger partial charge in [0.2, 0.25) is 0 Å². The van der Waals surface area contributed by atoms with Gasteiger partial charge in [0.25, 0.3) is 0 Å². The molecule has 1 heteroatoms. The summed E-state index contributed by atoms with van der Waals surface area (Å²) in [6.07, 6.45) is 10.00. The first-order valence-corrected chi connectivity index (χ1v) is 4.23. The first kappa shape index (κ1) is 10.4. The molecule has 0 rings (SSSR count). The van der Waals surface area contributed by atoms with Crippen LogP contribution in [0.25, 0.3) is 0 Å². The Kier molecular flexibility index (Phi) is 7.16. The summed E-state index contributed by atoms with van der Waals surface area (Å²) in [7, 11) is 0. The SMILES string of the molecule is C=CC=CCCCCC(C)O. The second-order valence-electron chi connectivity index (χ2n) is 2.80. The lowest BCUT2D eigenvalue weighted by molar-refractivity contribution is 0.181. The van der Waals surface area contributed by atoms with Gasteiger partial charge in [-0.1, -0.05) is 31.2 Å². The molecule has 0 amide bonds. The Morgan fingerprint density at radius 3 is 2.73 bits per heavy atom. The van der Waals surface area contributed by atoms with Crippen LogP contribution in [-0.4, -0.2) is 11.2 Å². The summed E-state index contributed by atoms with van der Waals surface area (Å²) in [6.45, 7) is 5.41. The summed E-state index contributed by atoms with van der Waals surface area (Å²) in [5.74, 6) is 0. The monoisotopic (exact) mass is 154 g/mol. The van der Waals surface area contributed by atoms with Gasteiger partial charge in [-0.05, 0) is 26.2 Å². The zero-order chi connectivity index (χ0) is 8.53. The Hall–Kier alpha value is -0.560. The third kappa shape index (κ3) is 9.44. The van der Waals surface area contributed by atoms with Gasteiger partial charge in [0.15, 0.2) is 0 Å². The van der Waals surface area contributed by atoms with Crippen LogP contribution in [0.2, 0.25) is 0 Å². The van der Waals surface area contributed by atoms with Gasteiger partial charge in [0.1, 0.15) is 0 Å². The van der Waals surface area contributed by atoms with Gasteiger partial charge in [0.05, 0.1) is 6.10 Å². The molecule has 1 atom stereocenters. The molecule has 0 spiro atoms. The van der Waals surface area contributed by atoms with Gasteiger partial charge in [-0.25, -0.2) is 0 Å². The minimum atomic E-state index is -0.140. The van der Waals surface area contributed by atoms with Crippen LogP contribution in [0.3, 0.4) is 0 Å². The van der Waals surface area contributed by atoms with Crippen molar-refractivity contribution < 1.29 is 5.11 Å². The molecule has 1 unspecified atom stereocenters. The maximum absolute atomic E-state index is 8.92. The summed E-state index contributed by atoms with van der Waals surface area (Å²) in [6, 6.07) is 0. The summed E-state index contributed by atoms with van der Waals surface area (Å²) in [5, 5.41) is 8.92. The zero-order valence-corrected chi connectivity index (χ0v) is 7.29. The van der Waals surface area contributed by atoms with Crippen molar-refractivity contribution in [3.63, 3.8) is 0 Å². The van der Waals surface area contributed by atoms with E-state index in [0.717, 1.165) is 25.7 Å². The zero-order valence-electron chi connectivity index (χ0n) is 7.29. The Bertz CT molecular complexity index is 114. The number of unbranched alkanes of at least 4 members (excludes halogenated alkanes) is 2. The summed E-state index contributed by atoms with van der Waals surface area (Å²) < 4.78 is 0. The van der Waals surface area contributed by atoms with Crippen LogP contribution in [-0.2, 0) is 0 Å². The van der Waals surface area contributed by atoms with Gasteiger partial charge in [-0.3, -0.25) is 0 Å². The summed E-state index contributed by atoms with van der Waals surface area (Å²) in [5.41, 5.74) is 0. The fourth-order valence-electron chi connectivity index (χ4n) is 0.894. The minimum absolute atomic E-state index is 0.140. The van der Waals surface area contributed by atoms with E-state index in [9.17, 15) is 0 Å². The maximum Gasteiger partial charge on any atom is 0.0512 e. The normalized spacial score (nSPS) is 13.6. The lowest BCUT2D eigenvalue weighted by Gasteiger charge is -2.00. The van der Waals surface area contributed by atoms with Crippen molar-refractivity contribution in [2.24, 2.45) is 0 Å². The molecular formula is C10H18O. The molecule has 0 aliphatic carbocycles. The molecule has 11 heavy (non-hydrogen) atoms. The number of allylic oxidation sites excluding steroid dienone is 3. The van der Waals surface area contributed by atoms with E-state index < -0.39 is 0 Å². The minimum Gasteiger partial charge on any atom is -0.393 e. The van der Waals surface area contributed by atoms with Crippen LogP contribution in [0, 0.1) is 0 Å². The molecule has 0 aliphatic rings. The molecule has 0 radical (unpaired) electrons. The number of hydrogen-bond acceptors (Lipinski definition) is 1. The fourth-order valence-corrected chi connectivity index (χ4v) is 0.894. The Labute approximate surface area is 69.4 Å². The van der Waals surface area contributed by atoms with Crippen molar-refractivity contribution in [1.82, 2.24) is 0 Å². The highest BCUT2D eigenvalue weighted by Gasteiger charge is 1.92. The van der Waals surface area contributed by atoms with Crippen molar-refractivity contribution in [3.05, 3.63) is 24.8 Å². The standard InChI is InChI=1S/C10H18O/c1-3-4-5-6-7-8-9-10(2)11/h3-5,10-11H,1,6-9H2,2H3. The Morgan fingerprint density at radius 1 is 1.45 bits per heavy atom. The van der Waals surface area contributed by atoms with Crippen LogP contribution in [0.4, 0.5) is 0 Å². The molecule has 0 saturated carbocycles. The van der Waals surface area contributed by atoms with Crippen LogP contribution < -0.4 is 0 Å². The van der Waals surface area contributed by atoms with E-state index in [1.807, 2.05) is 13.0 Å². The molecular weight excluding hydrogens is 136 g/mol. The van der Waals surface area contributed by atoms with Crippen LogP contribution in [0.15, 0.2) is 24.8 Å². The molecule has 0 saturated heterocycles. The Morgan fingerprint density at radius 2 is 2.18 bits per heavy atom. The highest BCUT2D eigenvalue weighted by molar-refractivity contribution is 4.96. The van der Waals surface area contributed by atoms with Crippen LogP contribution in [0.1, 0.15) is 32.6 Å². The Balaban J connectivity index is 3.02. The quantitative estimate of drug-likeness (QED) is 0.460. The predicted molar refractivity (Wildman–Crippen MR) is 49.5 cm³/mol. The lowest BCUT2D eigenvalue weighted by Crippen LogP contribution is -1.97. The van der Waals surface area contributed by atoms with Crippen molar-refractivity contribution >= 4 is 0 Å². The van der Waals surface area contributed by atoms with Crippen molar-refractivity contribution in [2.45, 2.75) is 38.7 Å². The average Bonchev–Trinajstić information content (AvgIpc) is 1.96. The van der Waals surface area contributed by atoms with E-state index in [1.54, 1.807) is 6.08 Å². The topological polar surface area (TPSA) is 20.2 Å². The molecule has 0 bridgehead atoms. The molecule has 0 fully saturated rings.